The number of pyridine rings is 1. The molecular weight excluding hydrogens is 248 g/mol. The highest BCUT2D eigenvalue weighted by Gasteiger charge is 2.26. The van der Waals surface area contributed by atoms with Gasteiger partial charge in [-0.1, -0.05) is 24.4 Å². The van der Waals surface area contributed by atoms with Crippen molar-refractivity contribution in [2.45, 2.75) is 38.6 Å². The molecule has 1 aliphatic rings. The molecule has 0 aliphatic heterocycles. The van der Waals surface area contributed by atoms with E-state index in [-0.39, 0.29) is 0 Å². The lowest BCUT2D eigenvalue weighted by Crippen LogP contribution is -2.16. The van der Waals surface area contributed by atoms with Gasteiger partial charge in [0.25, 0.3) is 0 Å². The van der Waals surface area contributed by atoms with Crippen LogP contribution >= 0.6 is 11.6 Å². The third kappa shape index (κ3) is 1.85. The minimum absolute atomic E-state index is 0.353. The number of anilines is 1. The summed E-state index contributed by atoms with van der Waals surface area (Å²) in [5.74, 6) is 1.22. The predicted octanol–water partition coefficient (Wildman–Crippen LogP) is 3.42. The Morgan fingerprint density at radius 1 is 1.44 bits per heavy atom. The molecule has 1 aliphatic carbocycles. The molecular formula is C13H17ClN4. The van der Waals surface area contributed by atoms with E-state index in [1.165, 1.54) is 25.7 Å². The van der Waals surface area contributed by atoms with Crippen molar-refractivity contribution in [2.24, 2.45) is 5.92 Å². The van der Waals surface area contributed by atoms with Crippen molar-refractivity contribution >= 4 is 28.7 Å². The fourth-order valence-corrected chi connectivity index (χ4v) is 3.18. The summed E-state index contributed by atoms with van der Waals surface area (Å²) in [5, 5.41) is 0.598. The first kappa shape index (κ1) is 11.8. The van der Waals surface area contributed by atoms with Gasteiger partial charge in [0.15, 0.2) is 5.65 Å². The quantitative estimate of drug-likeness (QED) is 0.904. The number of hydrogen-bond donors (Lipinski definition) is 1. The summed E-state index contributed by atoms with van der Waals surface area (Å²) < 4.78 is 2.06. The Kier molecular flexibility index (Phi) is 2.90. The third-order valence-corrected chi connectivity index (χ3v) is 4.22. The maximum atomic E-state index is 6.04. The molecule has 0 bridgehead atoms. The monoisotopic (exact) mass is 264 g/mol. The first-order valence-electron chi connectivity index (χ1n) is 6.46. The van der Waals surface area contributed by atoms with E-state index in [0.29, 0.717) is 22.9 Å². The van der Waals surface area contributed by atoms with Crippen LogP contribution in [0.4, 0.5) is 5.95 Å². The number of fused-ring (bicyclic) bond motifs is 1. The van der Waals surface area contributed by atoms with Gasteiger partial charge in [0, 0.05) is 12.2 Å². The van der Waals surface area contributed by atoms with Crippen LogP contribution in [0, 0.1) is 5.92 Å². The van der Waals surface area contributed by atoms with Gasteiger partial charge in [0.2, 0.25) is 5.95 Å². The lowest BCUT2D eigenvalue weighted by Gasteiger charge is -2.21. The van der Waals surface area contributed by atoms with Gasteiger partial charge in [-0.3, -0.25) is 4.57 Å². The predicted molar refractivity (Wildman–Crippen MR) is 73.6 cm³/mol. The lowest BCUT2D eigenvalue weighted by molar-refractivity contribution is 0.370. The molecule has 0 amide bonds. The number of nitrogens with two attached hydrogens (primary N) is 1. The van der Waals surface area contributed by atoms with Crippen LogP contribution in [0.25, 0.3) is 11.2 Å². The molecule has 2 aromatic heterocycles. The van der Waals surface area contributed by atoms with Crippen molar-refractivity contribution in [2.75, 3.05) is 5.73 Å². The Labute approximate surface area is 111 Å². The largest absolute Gasteiger partial charge is 0.369 e. The number of aromatic nitrogens is 3. The minimum Gasteiger partial charge on any atom is -0.369 e. The van der Waals surface area contributed by atoms with E-state index < -0.39 is 0 Å². The summed E-state index contributed by atoms with van der Waals surface area (Å²) in [6.45, 7) is 2.21. The number of nitrogens with zero attached hydrogens (tertiary/aromatic N) is 3. The molecule has 0 saturated heterocycles. The van der Waals surface area contributed by atoms with Crippen LogP contribution in [-0.2, 0) is 0 Å². The fraction of sp³-hybridized carbons (Fsp3) is 0.538. The molecule has 18 heavy (non-hydrogen) atoms. The average molecular weight is 265 g/mol. The molecule has 4 nitrogen and oxygen atoms in total. The second-order valence-electron chi connectivity index (χ2n) is 5.12. The van der Waals surface area contributed by atoms with E-state index >= 15 is 0 Å². The van der Waals surface area contributed by atoms with Crippen LogP contribution in [0.1, 0.15) is 38.6 Å². The van der Waals surface area contributed by atoms with E-state index in [9.17, 15) is 0 Å². The molecule has 3 rings (SSSR count). The van der Waals surface area contributed by atoms with E-state index in [1.807, 2.05) is 6.07 Å². The highest BCUT2D eigenvalue weighted by molar-refractivity contribution is 6.31. The van der Waals surface area contributed by atoms with E-state index in [1.54, 1.807) is 6.20 Å². The Morgan fingerprint density at radius 2 is 2.17 bits per heavy atom. The molecule has 0 aromatic carbocycles. The number of hydrogen-bond acceptors (Lipinski definition) is 3. The molecule has 1 unspecified atom stereocenters. The zero-order chi connectivity index (χ0) is 12.7. The Bertz CT molecular complexity index is 572. The summed E-state index contributed by atoms with van der Waals surface area (Å²) in [7, 11) is 0. The smallest absolute Gasteiger partial charge is 0.202 e. The van der Waals surface area contributed by atoms with Gasteiger partial charge in [0.05, 0.1) is 5.02 Å². The summed E-state index contributed by atoms with van der Waals surface area (Å²) in [4.78, 5) is 8.74. The van der Waals surface area contributed by atoms with E-state index in [0.717, 1.165) is 11.2 Å². The second kappa shape index (κ2) is 4.43. The molecule has 2 heterocycles. The molecule has 5 heteroatoms. The van der Waals surface area contributed by atoms with Crippen molar-refractivity contribution in [1.29, 1.82) is 0 Å². The third-order valence-electron chi connectivity index (χ3n) is 4.01. The first-order valence-corrected chi connectivity index (χ1v) is 6.83. The van der Waals surface area contributed by atoms with Gasteiger partial charge in [-0.15, -0.1) is 0 Å². The zero-order valence-electron chi connectivity index (χ0n) is 10.4. The maximum Gasteiger partial charge on any atom is 0.202 e. The zero-order valence-corrected chi connectivity index (χ0v) is 11.2. The summed E-state index contributed by atoms with van der Waals surface area (Å²) in [6, 6.07) is 2.17. The summed E-state index contributed by atoms with van der Waals surface area (Å²) >= 11 is 5.93. The van der Waals surface area contributed by atoms with Crippen LogP contribution in [0.2, 0.25) is 5.02 Å². The number of rotatable bonds is 2. The van der Waals surface area contributed by atoms with Crippen molar-refractivity contribution in [3.63, 3.8) is 0 Å². The molecule has 1 saturated carbocycles. The lowest BCUT2D eigenvalue weighted by atomic mass is 10.00. The van der Waals surface area contributed by atoms with Crippen LogP contribution in [0.3, 0.4) is 0 Å². The van der Waals surface area contributed by atoms with Crippen molar-refractivity contribution in [3.8, 4) is 0 Å². The topological polar surface area (TPSA) is 56.7 Å². The molecule has 1 atom stereocenters. The molecule has 1 fully saturated rings. The highest BCUT2D eigenvalue weighted by Crippen LogP contribution is 2.36. The van der Waals surface area contributed by atoms with Gasteiger partial charge >= 0.3 is 0 Å². The van der Waals surface area contributed by atoms with E-state index in [2.05, 4.69) is 21.5 Å². The van der Waals surface area contributed by atoms with Crippen LogP contribution in [0.5, 0.6) is 0 Å². The Morgan fingerprint density at radius 3 is 2.89 bits per heavy atom. The van der Waals surface area contributed by atoms with Crippen molar-refractivity contribution < 1.29 is 0 Å². The number of nitrogen functional groups attached to an aromatic ring is 1. The number of halogens is 1. The SMILES string of the molecule is CC(C1CCCC1)n1c(N)nc2cc(Cl)cnc21. The minimum atomic E-state index is 0.353. The first-order chi connectivity index (χ1) is 8.66. The average Bonchev–Trinajstić information content (AvgIpc) is 2.94. The standard InChI is InChI=1S/C13H17ClN4/c1-8(9-4-2-3-5-9)18-12-11(17-13(18)15)6-10(14)7-16-12/h6-9H,2-5H2,1H3,(H2,15,17). The van der Waals surface area contributed by atoms with Gasteiger partial charge in [-0.25, -0.2) is 9.97 Å². The second-order valence-corrected chi connectivity index (χ2v) is 5.56. The summed E-state index contributed by atoms with van der Waals surface area (Å²) in [6.07, 6.45) is 6.84. The number of imidazole rings is 1. The van der Waals surface area contributed by atoms with Gasteiger partial charge < -0.3 is 5.73 Å². The Hall–Kier alpha value is -1.29. The molecule has 96 valence electrons. The maximum absolute atomic E-state index is 6.04. The van der Waals surface area contributed by atoms with Crippen molar-refractivity contribution in [3.05, 3.63) is 17.3 Å². The van der Waals surface area contributed by atoms with Crippen LogP contribution in [-0.4, -0.2) is 14.5 Å². The van der Waals surface area contributed by atoms with Crippen LogP contribution < -0.4 is 5.73 Å². The molecule has 2 aromatic rings. The van der Waals surface area contributed by atoms with Crippen LogP contribution in [0.15, 0.2) is 12.3 Å². The normalized spacial score (nSPS) is 18.6. The van der Waals surface area contributed by atoms with Crippen molar-refractivity contribution in [1.82, 2.24) is 14.5 Å². The highest BCUT2D eigenvalue weighted by atomic mass is 35.5. The van der Waals surface area contributed by atoms with Gasteiger partial charge in [-0.05, 0) is 31.7 Å². The summed E-state index contributed by atoms with van der Waals surface area (Å²) in [5.41, 5.74) is 7.67. The molecule has 2 N–H and O–H groups in total. The Balaban J connectivity index is 2.07. The van der Waals surface area contributed by atoms with E-state index in [4.69, 9.17) is 17.3 Å². The molecule has 0 spiro atoms. The van der Waals surface area contributed by atoms with Gasteiger partial charge in [-0.2, -0.15) is 0 Å². The molecule has 0 radical (unpaired) electrons. The van der Waals surface area contributed by atoms with Gasteiger partial charge in [0.1, 0.15) is 5.52 Å². The fourth-order valence-electron chi connectivity index (χ4n) is 3.03.